The number of aryl methyl sites for hydroxylation is 1. The molecule has 0 aliphatic heterocycles. The summed E-state index contributed by atoms with van der Waals surface area (Å²) in [5, 5.41) is 2.80. The fourth-order valence-corrected chi connectivity index (χ4v) is 1.46. The Morgan fingerprint density at radius 3 is 2.44 bits per heavy atom. The predicted octanol–water partition coefficient (Wildman–Crippen LogP) is 2.31. The van der Waals surface area contributed by atoms with Gasteiger partial charge in [-0.2, -0.15) is 0 Å². The Morgan fingerprint density at radius 2 is 1.94 bits per heavy atom. The Labute approximate surface area is 97.0 Å². The van der Waals surface area contributed by atoms with Crippen LogP contribution >= 0.6 is 0 Å². The maximum atomic E-state index is 11.5. The summed E-state index contributed by atoms with van der Waals surface area (Å²) >= 11 is 0. The maximum Gasteiger partial charge on any atom is 0.241 e. The van der Waals surface area contributed by atoms with Gasteiger partial charge in [-0.1, -0.05) is 32.4 Å². The van der Waals surface area contributed by atoms with Crippen molar-refractivity contribution in [2.45, 2.75) is 39.2 Å². The fraction of sp³-hybridized carbons (Fsp3) is 0.462. The molecule has 0 radical (unpaired) electrons. The van der Waals surface area contributed by atoms with E-state index >= 15 is 0 Å². The monoisotopic (exact) mass is 220 g/mol. The molecule has 0 aliphatic rings. The minimum Gasteiger partial charge on any atom is -0.325 e. The number of nitrogens with one attached hydrogen (secondary N) is 1. The lowest BCUT2D eigenvalue weighted by molar-refractivity contribution is -0.117. The van der Waals surface area contributed by atoms with E-state index < -0.39 is 6.04 Å². The van der Waals surface area contributed by atoms with Crippen LogP contribution in [0.1, 0.15) is 32.3 Å². The highest BCUT2D eigenvalue weighted by atomic mass is 16.2. The second-order valence-electron chi connectivity index (χ2n) is 3.95. The van der Waals surface area contributed by atoms with Crippen molar-refractivity contribution in [1.82, 2.24) is 0 Å². The number of carbonyl (C=O) groups excluding carboxylic acids is 1. The zero-order valence-corrected chi connectivity index (χ0v) is 9.99. The molecule has 0 bridgehead atoms. The van der Waals surface area contributed by atoms with E-state index in [0.717, 1.165) is 18.5 Å². The first-order valence-corrected chi connectivity index (χ1v) is 5.82. The van der Waals surface area contributed by atoms with Crippen LogP contribution < -0.4 is 11.1 Å². The van der Waals surface area contributed by atoms with E-state index in [2.05, 4.69) is 12.2 Å². The molecule has 0 aromatic heterocycles. The van der Waals surface area contributed by atoms with Gasteiger partial charge in [-0.3, -0.25) is 4.79 Å². The molecule has 1 amide bonds. The molecule has 3 nitrogen and oxygen atoms in total. The summed E-state index contributed by atoms with van der Waals surface area (Å²) in [7, 11) is 0. The van der Waals surface area contributed by atoms with Gasteiger partial charge in [0.15, 0.2) is 0 Å². The third-order valence-corrected chi connectivity index (χ3v) is 2.54. The van der Waals surface area contributed by atoms with Gasteiger partial charge in [0.1, 0.15) is 0 Å². The molecule has 3 heteroatoms. The van der Waals surface area contributed by atoms with Crippen molar-refractivity contribution < 1.29 is 4.79 Å². The molecule has 0 saturated heterocycles. The standard InChI is InChI=1S/C13H20N2O/c1-3-5-10-6-8-11(9-7-10)15-13(16)12(14)4-2/h6-9,12H,3-5,14H2,1-2H3,(H,15,16)/t12-/m1/s1. The molecule has 0 saturated carbocycles. The molecule has 0 aliphatic carbocycles. The van der Waals surface area contributed by atoms with Crippen LogP contribution in [0.25, 0.3) is 0 Å². The van der Waals surface area contributed by atoms with Crippen molar-refractivity contribution in [3.63, 3.8) is 0 Å². The Hall–Kier alpha value is -1.35. The molecular weight excluding hydrogens is 200 g/mol. The minimum absolute atomic E-state index is 0.120. The first kappa shape index (κ1) is 12.7. The Bertz CT molecular complexity index is 332. The molecule has 0 heterocycles. The summed E-state index contributed by atoms with van der Waals surface area (Å²) in [5.74, 6) is -0.120. The van der Waals surface area contributed by atoms with E-state index in [1.807, 2.05) is 31.2 Å². The zero-order valence-electron chi connectivity index (χ0n) is 9.99. The van der Waals surface area contributed by atoms with Crippen molar-refractivity contribution in [3.05, 3.63) is 29.8 Å². The van der Waals surface area contributed by atoms with Crippen LogP contribution in [0.4, 0.5) is 5.69 Å². The number of anilines is 1. The highest BCUT2D eigenvalue weighted by molar-refractivity contribution is 5.94. The van der Waals surface area contributed by atoms with Gasteiger partial charge < -0.3 is 11.1 Å². The van der Waals surface area contributed by atoms with Crippen molar-refractivity contribution in [2.24, 2.45) is 5.73 Å². The van der Waals surface area contributed by atoms with Crippen molar-refractivity contribution in [1.29, 1.82) is 0 Å². The average Bonchev–Trinajstić information content (AvgIpc) is 2.31. The number of amides is 1. The normalized spacial score (nSPS) is 12.2. The summed E-state index contributed by atoms with van der Waals surface area (Å²) < 4.78 is 0. The Morgan fingerprint density at radius 1 is 1.31 bits per heavy atom. The zero-order chi connectivity index (χ0) is 12.0. The van der Waals surface area contributed by atoms with Crippen LogP contribution in [0, 0.1) is 0 Å². The second kappa shape index (κ2) is 6.28. The van der Waals surface area contributed by atoms with Gasteiger partial charge in [0.2, 0.25) is 5.91 Å². The third kappa shape index (κ3) is 3.66. The minimum atomic E-state index is -0.421. The van der Waals surface area contributed by atoms with Gasteiger partial charge in [0.25, 0.3) is 0 Å². The topological polar surface area (TPSA) is 55.1 Å². The first-order valence-electron chi connectivity index (χ1n) is 5.82. The first-order chi connectivity index (χ1) is 7.67. The second-order valence-corrected chi connectivity index (χ2v) is 3.95. The van der Waals surface area contributed by atoms with E-state index in [-0.39, 0.29) is 5.91 Å². The molecule has 3 N–H and O–H groups in total. The molecule has 1 atom stereocenters. The quantitative estimate of drug-likeness (QED) is 0.800. The Balaban J connectivity index is 2.58. The number of carbonyl (C=O) groups is 1. The van der Waals surface area contributed by atoms with Crippen LogP contribution in [0.15, 0.2) is 24.3 Å². The van der Waals surface area contributed by atoms with E-state index in [9.17, 15) is 4.79 Å². The summed E-state index contributed by atoms with van der Waals surface area (Å²) in [6.45, 7) is 4.05. The molecule has 1 aromatic rings. The van der Waals surface area contributed by atoms with Crippen LogP contribution in [0.3, 0.4) is 0 Å². The number of rotatable bonds is 5. The van der Waals surface area contributed by atoms with Crippen molar-refractivity contribution in [3.8, 4) is 0 Å². The lowest BCUT2D eigenvalue weighted by Crippen LogP contribution is -2.34. The highest BCUT2D eigenvalue weighted by Gasteiger charge is 2.10. The van der Waals surface area contributed by atoms with Gasteiger partial charge in [-0.15, -0.1) is 0 Å². The highest BCUT2D eigenvalue weighted by Crippen LogP contribution is 2.11. The summed E-state index contributed by atoms with van der Waals surface area (Å²) in [4.78, 5) is 11.5. The number of benzene rings is 1. The SMILES string of the molecule is CCCc1ccc(NC(=O)[C@H](N)CC)cc1. The van der Waals surface area contributed by atoms with Crippen molar-refractivity contribution >= 4 is 11.6 Å². The smallest absolute Gasteiger partial charge is 0.241 e. The van der Waals surface area contributed by atoms with Gasteiger partial charge in [-0.05, 0) is 30.5 Å². The van der Waals surface area contributed by atoms with Gasteiger partial charge >= 0.3 is 0 Å². The molecule has 1 rings (SSSR count). The third-order valence-electron chi connectivity index (χ3n) is 2.54. The number of hydrogen-bond donors (Lipinski definition) is 2. The molecule has 0 spiro atoms. The largest absolute Gasteiger partial charge is 0.325 e. The molecule has 88 valence electrons. The molecule has 16 heavy (non-hydrogen) atoms. The van der Waals surface area contributed by atoms with E-state index in [0.29, 0.717) is 6.42 Å². The summed E-state index contributed by atoms with van der Waals surface area (Å²) in [6, 6.07) is 7.50. The van der Waals surface area contributed by atoms with Crippen LogP contribution in [-0.2, 0) is 11.2 Å². The summed E-state index contributed by atoms with van der Waals surface area (Å²) in [5.41, 5.74) is 7.74. The predicted molar refractivity (Wildman–Crippen MR) is 67.3 cm³/mol. The number of nitrogens with two attached hydrogens (primary N) is 1. The lowest BCUT2D eigenvalue weighted by atomic mass is 10.1. The molecule has 0 fully saturated rings. The van der Waals surface area contributed by atoms with Crippen LogP contribution in [-0.4, -0.2) is 11.9 Å². The fourth-order valence-electron chi connectivity index (χ4n) is 1.46. The van der Waals surface area contributed by atoms with E-state index in [4.69, 9.17) is 5.73 Å². The summed E-state index contributed by atoms with van der Waals surface area (Å²) in [6.07, 6.45) is 2.86. The van der Waals surface area contributed by atoms with Gasteiger partial charge in [0.05, 0.1) is 6.04 Å². The maximum absolute atomic E-state index is 11.5. The van der Waals surface area contributed by atoms with Gasteiger partial charge in [-0.25, -0.2) is 0 Å². The molecular formula is C13H20N2O. The average molecular weight is 220 g/mol. The molecule has 0 unspecified atom stereocenters. The lowest BCUT2D eigenvalue weighted by Gasteiger charge is -2.10. The molecule has 1 aromatic carbocycles. The van der Waals surface area contributed by atoms with Gasteiger partial charge in [0, 0.05) is 5.69 Å². The number of hydrogen-bond acceptors (Lipinski definition) is 2. The van der Waals surface area contributed by atoms with Crippen molar-refractivity contribution in [2.75, 3.05) is 5.32 Å². The Kier molecular flexibility index (Phi) is 4.99. The van der Waals surface area contributed by atoms with Crippen LogP contribution in [0.2, 0.25) is 0 Å². The van der Waals surface area contributed by atoms with E-state index in [1.54, 1.807) is 0 Å². The van der Waals surface area contributed by atoms with Crippen LogP contribution in [0.5, 0.6) is 0 Å². The van der Waals surface area contributed by atoms with E-state index in [1.165, 1.54) is 5.56 Å².